The Balaban J connectivity index is 1.02. The predicted molar refractivity (Wildman–Crippen MR) is 269 cm³/mol. The molecule has 0 radical (unpaired) electrons. The van der Waals surface area contributed by atoms with Gasteiger partial charge in [-0.3, -0.25) is 0 Å². The first-order valence-electron chi connectivity index (χ1n) is 23.1. The number of para-hydroxylation sites is 2. The number of hydrogen-bond donors (Lipinski definition) is 0. The summed E-state index contributed by atoms with van der Waals surface area (Å²) in [4.78, 5) is 2.53. The van der Waals surface area contributed by atoms with Gasteiger partial charge in [0.05, 0.1) is 38.9 Å². The lowest BCUT2D eigenvalue weighted by molar-refractivity contribution is 0.353. The number of furan rings is 2. The quantitative estimate of drug-likeness (QED) is 0.173. The molecule has 1 fully saturated rings. The van der Waals surface area contributed by atoms with Gasteiger partial charge in [-0.25, -0.2) is 0 Å². The van der Waals surface area contributed by atoms with E-state index in [0.29, 0.717) is 0 Å². The molecule has 3 aromatic heterocycles. The van der Waals surface area contributed by atoms with Crippen LogP contribution in [-0.2, 0) is 5.41 Å². The maximum Gasteiger partial charge on any atom is 0.137 e. The highest BCUT2D eigenvalue weighted by Crippen LogP contribution is 2.60. The third kappa shape index (κ3) is 5.25. The average molecular weight is 837 g/mol. The van der Waals surface area contributed by atoms with Gasteiger partial charge in [0, 0.05) is 38.2 Å². The minimum Gasteiger partial charge on any atom is -0.456 e. The molecule has 0 amide bonds. The summed E-state index contributed by atoms with van der Waals surface area (Å²) in [6, 6.07) is 69.1. The number of rotatable bonds is 5. The largest absolute Gasteiger partial charge is 0.456 e. The second-order valence-corrected chi connectivity index (χ2v) is 18.4. The zero-order chi connectivity index (χ0) is 42.8. The van der Waals surface area contributed by atoms with Gasteiger partial charge in [-0.2, -0.15) is 0 Å². The summed E-state index contributed by atoms with van der Waals surface area (Å²) in [5, 5.41) is 6.85. The summed E-state index contributed by atoms with van der Waals surface area (Å²) in [7, 11) is 0. The van der Waals surface area contributed by atoms with Gasteiger partial charge in [0.1, 0.15) is 22.3 Å². The topological polar surface area (TPSA) is 34.5 Å². The van der Waals surface area contributed by atoms with Crippen LogP contribution in [0.15, 0.2) is 197 Å². The molecule has 0 bridgehead atoms. The molecule has 14 rings (SSSR count). The number of benzene rings is 9. The lowest BCUT2D eigenvalue weighted by Gasteiger charge is -2.36. The van der Waals surface area contributed by atoms with Crippen LogP contribution in [0.1, 0.15) is 48.8 Å². The summed E-state index contributed by atoms with van der Waals surface area (Å²) in [6.07, 6.45) is 6.12. The molecular weight excluding hydrogens is 793 g/mol. The van der Waals surface area contributed by atoms with Crippen molar-refractivity contribution in [2.24, 2.45) is 0 Å². The van der Waals surface area contributed by atoms with Crippen molar-refractivity contribution < 1.29 is 8.83 Å². The highest BCUT2D eigenvalue weighted by Gasteiger charge is 2.45. The first-order valence-corrected chi connectivity index (χ1v) is 23.1. The zero-order valence-electron chi connectivity index (χ0n) is 36.1. The van der Waals surface area contributed by atoms with Gasteiger partial charge in [-0.05, 0) is 126 Å². The van der Waals surface area contributed by atoms with Gasteiger partial charge >= 0.3 is 0 Å². The summed E-state index contributed by atoms with van der Waals surface area (Å²) >= 11 is 0. The number of fused-ring (bicyclic) bond motifs is 14. The third-order valence-electron chi connectivity index (χ3n) is 14.9. The van der Waals surface area contributed by atoms with E-state index >= 15 is 0 Å². The fourth-order valence-electron chi connectivity index (χ4n) is 12.0. The first-order chi connectivity index (χ1) is 32.1. The van der Waals surface area contributed by atoms with E-state index in [1.807, 2.05) is 0 Å². The third-order valence-corrected chi connectivity index (χ3v) is 14.9. The smallest absolute Gasteiger partial charge is 0.137 e. The minimum atomic E-state index is 0.0109. The van der Waals surface area contributed by atoms with E-state index in [1.165, 1.54) is 98.7 Å². The maximum atomic E-state index is 6.83. The highest BCUT2D eigenvalue weighted by atomic mass is 16.3. The summed E-state index contributed by atoms with van der Waals surface area (Å²) in [5.41, 5.74) is 19.6. The number of aromatic nitrogens is 1. The van der Waals surface area contributed by atoms with Crippen molar-refractivity contribution in [3.8, 4) is 27.9 Å². The van der Waals surface area contributed by atoms with Crippen LogP contribution in [0, 0.1) is 6.92 Å². The van der Waals surface area contributed by atoms with Crippen LogP contribution in [0.25, 0.3) is 93.6 Å². The molecule has 4 nitrogen and oxygen atoms in total. The number of aryl methyl sites for hydroxylation is 1. The molecule has 0 unspecified atom stereocenters. The van der Waals surface area contributed by atoms with Crippen LogP contribution in [0.4, 0.5) is 17.1 Å². The minimum absolute atomic E-state index is 0.0109. The lowest BCUT2D eigenvalue weighted by Crippen LogP contribution is -2.28. The highest BCUT2D eigenvalue weighted by molar-refractivity contribution is 6.19. The van der Waals surface area contributed by atoms with Crippen molar-refractivity contribution in [2.45, 2.75) is 44.4 Å². The van der Waals surface area contributed by atoms with Crippen molar-refractivity contribution >= 4 is 82.7 Å². The molecule has 0 aliphatic heterocycles. The van der Waals surface area contributed by atoms with E-state index in [4.69, 9.17) is 8.83 Å². The van der Waals surface area contributed by atoms with Crippen LogP contribution < -0.4 is 4.90 Å². The van der Waals surface area contributed by atoms with Gasteiger partial charge in [-0.1, -0.05) is 134 Å². The van der Waals surface area contributed by atoms with Gasteiger partial charge in [0.2, 0.25) is 0 Å². The molecule has 9 aromatic carbocycles. The molecule has 1 saturated carbocycles. The van der Waals surface area contributed by atoms with Gasteiger partial charge < -0.3 is 18.3 Å². The molecule has 1 spiro atoms. The number of anilines is 3. The molecule has 0 atom stereocenters. The average Bonchev–Trinajstić information content (AvgIpc) is 4.10. The van der Waals surface area contributed by atoms with Crippen molar-refractivity contribution in [3.63, 3.8) is 0 Å². The van der Waals surface area contributed by atoms with E-state index in [2.05, 4.69) is 204 Å². The Morgan fingerprint density at radius 2 is 1.03 bits per heavy atom. The SMILES string of the molecule is Cc1ccc(-n2c3ccccc3c3cc(-c4ccc5oc6cccc(N(c7cccc8c7-c7ccccc7C87CCCCC7)c7cccc8oc9ccccc9c78)c6c5c4)ccc32)cc1. The van der Waals surface area contributed by atoms with E-state index in [0.717, 1.165) is 60.8 Å². The van der Waals surface area contributed by atoms with E-state index in [9.17, 15) is 0 Å². The summed E-state index contributed by atoms with van der Waals surface area (Å²) < 4.78 is 15.8. The molecule has 310 valence electrons. The van der Waals surface area contributed by atoms with Crippen LogP contribution in [0.5, 0.6) is 0 Å². The molecule has 0 saturated heterocycles. The van der Waals surface area contributed by atoms with Crippen LogP contribution in [-0.4, -0.2) is 4.57 Å². The molecule has 2 aliphatic rings. The zero-order valence-corrected chi connectivity index (χ0v) is 36.1. The second kappa shape index (κ2) is 13.8. The fraction of sp³-hybridized carbons (Fsp3) is 0.115. The molecule has 0 N–H and O–H groups in total. The normalized spacial score (nSPS) is 14.4. The first kappa shape index (κ1) is 36.6. The Bertz CT molecular complexity index is 3890. The van der Waals surface area contributed by atoms with Crippen molar-refractivity contribution in [2.75, 3.05) is 4.90 Å². The standard InChI is InChI=1S/C61H44N2O2/c1-38-26-30-41(31-27-38)62-49-19-7-4-14-42(49)45-36-39(28-32-50(45)62)40-29-33-55-46(37-40)60-53(22-13-25-57(60)65-55)63(52-21-12-24-56-59(52)44-16-5-8-23-54(44)64-56)51-20-11-18-48-58(51)43-15-3-6-17-47(43)61(48)34-9-2-10-35-61/h3-8,11-33,36-37H,2,9-10,34-35H2,1H3. The predicted octanol–water partition coefficient (Wildman–Crippen LogP) is 17.3. The van der Waals surface area contributed by atoms with Crippen molar-refractivity contribution in [1.82, 2.24) is 4.57 Å². The molecule has 12 aromatic rings. The van der Waals surface area contributed by atoms with Gasteiger partial charge in [0.25, 0.3) is 0 Å². The van der Waals surface area contributed by atoms with Crippen LogP contribution in [0.2, 0.25) is 0 Å². The monoisotopic (exact) mass is 836 g/mol. The van der Waals surface area contributed by atoms with Gasteiger partial charge in [0.15, 0.2) is 0 Å². The molecule has 2 aliphatic carbocycles. The summed E-state index contributed by atoms with van der Waals surface area (Å²) in [5.74, 6) is 0. The number of hydrogen-bond acceptors (Lipinski definition) is 3. The van der Waals surface area contributed by atoms with Crippen molar-refractivity contribution in [3.05, 3.63) is 205 Å². The lowest BCUT2D eigenvalue weighted by atomic mass is 9.68. The molecular formula is C61H44N2O2. The Labute approximate surface area is 376 Å². The van der Waals surface area contributed by atoms with E-state index in [1.54, 1.807) is 0 Å². The Hall–Kier alpha value is -7.82. The molecule has 4 heteroatoms. The molecule has 3 heterocycles. The van der Waals surface area contributed by atoms with Crippen LogP contribution >= 0.6 is 0 Å². The summed E-state index contributed by atoms with van der Waals surface area (Å²) in [6.45, 7) is 2.14. The van der Waals surface area contributed by atoms with Crippen molar-refractivity contribution in [1.29, 1.82) is 0 Å². The van der Waals surface area contributed by atoms with Gasteiger partial charge in [-0.15, -0.1) is 0 Å². The fourth-order valence-corrected chi connectivity index (χ4v) is 12.0. The second-order valence-electron chi connectivity index (χ2n) is 18.4. The maximum absolute atomic E-state index is 6.83. The van der Waals surface area contributed by atoms with E-state index in [-0.39, 0.29) is 5.41 Å². The molecule has 65 heavy (non-hydrogen) atoms. The Morgan fingerprint density at radius 3 is 1.83 bits per heavy atom. The van der Waals surface area contributed by atoms with E-state index < -0.39 is 0 Å². The number of nitrogens with zero attached hydrogens (tertiary/aromatic N) is 2. The Morgan fingerprint density at radius 1 is 0.446 bits per heavy atom. The Kier molecular flexibility index (Phi) is 7.80. The van der Waals surface area contributed by atoms with Crippen LogP contribution in [0.3, 0.4) is 0 Å².